The molecule has 0 spiro atoms. The number of benzene rings is 1. The van der Waals surface area contributed by atoms with Gasteiger partial charge in [-0.3, -0.25) is 9.59 Å². The van der Waals surface area contributed by atoms with E-state index in [2.05, 4.69) is 26.6 Å². The van der Waals surface area contributed by atoms with Crippen molar-refractivity contribution in [3.8, 4) is 0 Å². The summed E-state index contributed by atoms with van der Waals surface area (Å²) in [5.74, 6) is -0.427. The Bertz CT molecular complexity index is 433. The van der Waals surface area contributed by atoms with Crippen molar-refractivity contribution >= 4 is 27.7 Å². The molecule has 0 aliphatic carbocycles. The second kappa shape index (κ2) is 6.39. The second-order valence-corrected chi connectivity index (χ2v) is 4.51. The van der Waals surface area contributed by atoms with Crippen LogP contribution in [-0.4, -0.2) is 24.9 Å². The van der Waals surface area contributed by atoms with Gasteiger partial charge < -0.3 is 10.6 Å². The third kappa shape index (κ3) is 4.19. The van der Waals surface area contributed by atoms with E-state index < -0.39 is 0 Å². The minimum atomic E-state index is -0.241. The molecule has 0 radical (unpaired) electrons. The Morgan fingerprint density at radius 1 is 1.29 bits per heavy atom. The lowest BCUT2D eigenvalue weighted by Gasteiger charge is -2.08. The van der Waals surface area contributed by atoms with Crippen LogP contribution < -0.4 is 10.6 Å². The maximum absolute atomic E-state index is 11.8. The molecule has 1 aromatic carbocycles. The molecule has 0 heterocycles. The third-order valence-electron chi connectivity index (χ3n) is 2.23. The van der Waals surface area contributed by atoms with Crippen LogP contribution in [-0.2, 0) is 4.79 Å². The number of aryl methyl sites for hydroxylation is 1. The summed E-state index contributed by atoms with van der Waals surface area (Å²) in [7, 11) is 0. The SMILES string of the molecule is CCNC(=O)CNC(=O)c1cc(Br)ccc1C. The van der Waals surface area contributed by atoms with Crippen molar-refractivity contribution in [2.45, 2.75) is 13.8 Å². The van der Waals surface area contributed by atoms with Gasteiger partial charge in [0.25, 0.3) is 5.91 Å². The number of halogens is 1. The molecule has 1 rings (SSSR count). The van der Waals surface area contributed by atoms with Gasteiger partial charge in [-0.2, -0.15) is 0 Å². The summed E-state index contributed by atoms with van der Waals surface area (Å²) in [6, 6.07) is 5.46. The van der Waals surface area contributed by atoms with Crippen molar-refractivity contribution in [3.05, 3.63) is 33.8 Å². The predicted molar refractivity (Wildman–Crippen MR) is 69.9 cm³/mol. The molecular formula is C12H15BrN2O2. The van der Waals surface area contributed by atoms with Gasteiger partial charge in [-0.15, -0.1) is 0 Å². The quantitative estimate of drug-likeness (QED) is 0.887. The van der Waals surface area contributed by atoms with Crippen LogP contribution >= 0.6 is 15.9 Å². The molecule has 4 nitrogen and oxygen atoms in total. The molecule has 2 N–H and O–H groups in total. The highest BCUT2D eigenvalue weighted by atomic mass is 79.9. The fourth-order valence-corrected chi connectivity index (χ4v) is 1.72. The van der Waals surface area contributed by atoms with Crippen LogP contribution in [0.5, 0.6) is 0 Å². The van der Waals surface area contributed by atoms with Gasteiger partial charge >= 0.3 is 0 Å². The molecule has 92 valence electrons. The van der Waals surface area contributed by atoms with E-state index in [1.807, 2.05) is 26.0 Å². The largest absolute Gasteiger partial charge is 0.355 e. The van der Waals surface area contributed by atoms with Gasteiger partial charge in [-0.05, 0) is 31.5 Å². The highest BCUT2D eigenvalue weighted by molar-refractivity contribution is 9.10. The topological polar surface area (TPSA) is 58.2 Å². The number of rotatable bonds is 4. The first kappa shape index (κ1) is 13.7. The Kier molecular flexibility index (Phi) is 5.15. The van der Waals surface area contributed by atoms with Crippen LogP contribution in [0.25, 0.3) is 0 Å². The van der Waals surface area contributed by atoms with Crippen molar-refractivity contribution in [1.29, 1.82) is 0 Å². The maximum Gasteiger partial charge on any atom is 0.252 e. The van der Waals surface area contributed by atoms with E-state index in [1.54, 1.807) is 6.07 Å². The summed E-state index contributed by atoms with van der Waals surface area (Å²) in [4.78, 5) is 23.0. The van der Waals surface area contributed by atoms with E-state index in [0.29, 0.717) is 12.1 Å². The molecule has 0 aliphatic rings. The number of hydrogen-bond acceptors (Lipinski definition) is 2. The van der Waals surface area contributed by atoms with Gasteiger partial charge in [-0.1, -0.05) is 22.0 Å². The average Bonchev–Trinajstić information content (AvgIpc) is 2.29. The van der Waals surface area contributed by atoms with Gasteiger partial charge in [0, 0.05) is 16.6 Å². The summed E-state index contributed by atoms with van der Waals surface area (Å²) in [6.45, 7) is 4.24. The third-order valence-corrected chi connectivity index (χ3v) is 2.72. The van der Waals surface area contributed by atoms with Gasteiger partial charge in [0.15, 0.2) is 0 Å². The van der Waals surface area contributed by atoms with Gasteiger partial charge in [0.1, 0.15) is 0 Å². The van der Waals surface area contributed by atoms with Crippen molar-refractivity contribution in [2.75, 3.05) is 13.1 Å². The van der Waals surface area contributed by atoms with Crippen LogP contribution in [0.4, 0.5) is 0 Å². The molecule has 5 heteroatoms. The van der Waals surface area contributed by atoms with E-state index >= 15 is 0 Å². The summed E-state index contributed by atoms with van der Waals surface area (Å²) >= 11 is 3.31. The highest BCUT2D eigenvalue weighted by Gasteiger charge is 2.10. The summed E-state index contributed by atoms with van der Waals surface area (Å²) in [5, 5.41) is 5.20. The minimum absolute atomic E-state index is 0.00136. The maximum atomic E-state index is 11.8. The lowest BCUT2D eigenvalue weighted by atomic mass is 10.1. The first-order valence-electron chi connectivity index (χ1n) is 5.35. The number of nitrogens with one attached hydrogen (secondary N) is 2. The van der Waals surface area contributed by atoms with E-state index in [1.165, 1.54) is 0 Å². The Balaban J connectivity index is 2.64. The van der Waals surface area contributed by atoms with Crippen LogP contribution in [0.15, 0.2) is 22.7 Å². The molecule has 2 amide bonds. The van der Waals surface area contributed by atoms with Crippen LogP contribution in [0.3, 0.4) is 0 Å². The minimum Gasteiger partial charge on any atom is -0.355 e. The molecule has 1 aromatic rings. The fraction of sp³-hybridized carbons (Fsp3) is 0.333. The molecule has 0 unspecified atom stereocenters. The molecular weight excluding hydrogens is 284 g/mol. The number of amides is 2. The van der Waals surface area contributed by atoms with E-state index in [4.69, 9.17) is 0 Å². The zero-order valence-corrected chi connectivity index (χ0v) is 11.4. The number of hydrogen-bond donors (Lipinski definition) is 2. The number of carbonyl (C=O) groups is 2. The Labute approximate surface area is 109 Å². The van der Waals surface area contributed by atoms with Crippen LogP contribution in [0.2, 0.25) is 0 Å². The van der Waals surface area contributed by atoms with E-state index in [-0.39, 0.29) is 18.4 Å². The monoisotopic (exact) mass is 298 g/mol. The smallest absolute Gasteiger partial charge is 0.252 e. The average molecular weight is 299 g/mol. The van der Waals surface area contributed by atoms with Gasteiger partial charge in [0.05, 0.1) is 6.54 Å². The second-order valence-electron chi connectivity index (χ2n) is 3.60. The summed E-state index contributed by atoms with van der Waals surface area (Å²) < 4.78 is 0.839. The molecule has 0 aliphatic heterocycles. The lowest BCUT2D eigenvalue weighted by Crippen LogP contribution is -2.36. The Hall–Kier alpha value is -1.36. The Morgan fingerprint density at radius 2 is 2.00 bits per heavy atom. The molecule has 0 aromatic heterocycles. The fourth-order valence-electron chi connectivity index (χ4n) is 1.35. The van der Waals surface area contributed by atoms with Crippen molar-refractivity contribution < 1.29 is 9.59 Å². The number of likely N-dealkylation sites (N-methyl/N-ethyl adjacent to an activating group) is 1. The molecule has 0 saturated carbocycles. The van der Waals surface area contributed by atoms with E-state index in [0.717, 1.165) is 10.0 Å². The van der Waals surface area contributed by atoms with Crippen LogP contribution in [0.1, 0.15) is 22.8 Å². The van der Waals surface area contributed by atoms with E-state index in [9.17, 15) is 9.59 Å². The molecule has 0 bridgehead atoms. The first-order chi connectivity index (χ1) is 8.04. The summed E-state index contributed by atoms with van der Waals surface area (Å²) in [6.07, 6.45) is 0. The zero-order chi connectivity index (χ0) is 12.8. The summed E-state index contributed by atoms with van der Waals surface area (Å²) in [5.41, 5.74) is 1.45. The molecule has 0 saturated heterocycles. The normalized spacial score (nSPS) is 9.82. The lowest BCUT2D eigenvalue weighted by molar-refractivity contribution is -0.120. The van der Waals surface area contributed by atoms with Crippen LogP contribution in [0, 0.1) is 6.92 Å². The van der Waals surface area contributed by atoms with Gasteiger partial charge in [-0.25, -0.2) is 0 Å². The first-order valence-corrected chi connectivity index (χ1v) is 6.15. The standard InChI is InChI=1S/C12H15BrN2O2/c1-3-14-11(16)7-15-12(17)10-6-9(13)5-4-8(10)2/h4-6H,3,7H2,1-2H3,(H,14,16)(H,15,17). The predicted octanol–water partition coefficient (Wildman–Crippen LogP) is 1.62. The highest BCUT2D eigenvalue weighted by Crippen LogP contribution is 2.15. The van der Waals surface area contributed by atoms with Gasteiger partial charge in [0.2, 0.25) is 5.91 Å². The number of carbonyl (C=O) groups excluding carboxylic acids is 2. The Morgan fingerprint density at radius 3 is 2.65 bits per heavy atom. The van der Waals surface area contributed by atoms with Crippen molar-refractivity contribution in [2.24, 2.45) is 0 Å². The van der Waals surface area contributed by atoms with Crippen molar-refractivity contribution in [1.82, 2.24) is 10.6 Å². The molecule has 17 heavy (non-hydrogen) atoms. The molecule has 0 fully saturated rings. The molecule has 0 atom stereocenters. The zero-order valence-electron chi connectivity index (χ0n) is 9.84. The van der Waals surface area contributed by atoms with Crippen molar-refractivity contribution in [3.63, 3.8) is 0 Å².